The van der Waals surface area contributed by atoms with Gasteiger partial charge in [-0.25, -0.2) is 0 Å². The van der Waals surface area contributed by atoms with Gasteiger partial charge in [-0.1, -0.05) is 37.3 Å². The van der Waals surface area contributed by atoms with Crippen LogP contribution in [0.15, 0.2) is 48.5 Å². The molecule has 0 atom stereocenters. The summed E-state index contributed by atoms with van der Waals surface area (Å²) >= 11 is 0. The van der Waals surface area contributed by atoms with Crippen LogP contribution >= 0.6 is 0 Å². The van der Waals surface area contributed by atoms with Gasteiger partial charge in [-0.2, -0.15) is 0 Å². The molecule has 0 spiro atoms. The first-order chi connectivity index (χ1) is 10.2. The summed E-state index contributed by atoms with van der Waals surface area (Å²) < 4.78 is 0. The second kappa shape index (κ2) is 5.44. The number of phenolic OH excluding ortho intramolecular Hbond substituents is 1. The average Bonchev–Trinajstić information content (AvgIpc) is 2.51. The quantitative estimate of drug-likeness (QED) is 0.716. The number of nitrogens with one attached hydrogen (secondary N) is 1. The monoisotopic (exact) mass is 279 g/mol. The van der Waals surface area contributed by atoms with Crippen molar-refractivity contribution in [2.45, 2.75) is 13.3 Å². The van der Waals surface area contributed by atoms with E-state index in [1.807, 2.05) is 49.4 Å². The zero-order valence-electron chi connectivity index (χ0n) is 11.9. The van der Waals surface area contributed by atoms with Crippen LogP contribution in [-0.4, -0.2) is 17.6 Å². The molecule has 0 heterocycles. The summed E-state index contributed by atoms with van der Waals surface area (Å²) in [6.07, 6.45) is 0.866. The lowest BCUT2D eigenvalue weighted by Crippen LogP contribution is -2.24. The molecule has 3 aromatic rings. The minimum absolute atomic E-state index is 0.0480. The Hall–Kier alpha value is -2.55. The van der Waals surface area contributed by atoms with E-state index >= 15 is 0 Å². The highest BCUT2D eigenvalue weighted by Gasteiger charge is 2.13. The number of amides is 1. The first kappa shape index (κ1) is 13.4. The minimum atomic E-state index is -0.232. The lowest BCUT2D eigenvalue weighted by Gasteiger charge is -2.09. The molecule has 2 N–H and O–H groups in total. The molecule has 106 valence electrons. The highest BCUT2D eigenvalue weighted by Crippen LogP contribution is 2.32. The molecule has 0 aromatic heterocycles. The van der Waals surface area contributed by atoms with E-state index in [1.54, 1.807) is 6.07 Å². The fourth-order valence-electron chi connectivity index (χ4n) is 2.51. The Morgan fingerprint density at radius 2 is 1.76 bits per heavy atom. The van der Waals surface area contributed by atoms with Crippen LogP contribution in [0.4, 0.5) is 0 Å². The second-order valence-electron chi connectivity index (χ2n) is 5.14. The zero-order chi connectivity index (χ0) is 14.8. The van der Waals surface area contributed by atoms with Gasteiger partial charge in [0.15, 0.2) is 0 Å². The molecule has 0 radical (unpaired) electrons. The summed E-state index contributed by atoms with van der Waals surface area (Å²) in [5.74, 6) is -0.184. The Kier molecular flexibility index (Phi) is 3.48. The highest BCUT2D eigenvalue weighted by molar-refractivity contribution is 6.07. The van der Waals surface area contributed by atoms with Crippen LogP contribution < -0.4 is 5.32 Å². The van der Waals surface area contributed by atoms with Gasteiger partial charge in [0.05, 0.1) is 5.56 Å². The summed E-state index contributed by atoms with van der Waals surface area (Å²) in [6.45, 7) is 2.60. The summed E-state index contributed by atoms with van der Waals surface area (Å²) in [5.41, 5.74) is 0.325. The van der Waals surface area contributed by atoms with Gasteiger partial charge in [-0.3, -0.25) is 4.79 Å². The maximum atomic E-state index is 12.1. The number of aromatic hydroxyl groups is 1. The van der Waals surface area contributed by atoms with Gasteiger partial charge in [-0.15, -0.1) is 0 Å². The van der Waals surface area contributed by atoms with Crippen LogP contribution in [0.2, 0.25) is 0 Å². The lowest BCUT2D eigenvalue weighted by atomic mass is 10.0. The summed E-state index contributed by atoms with van der Waals surface area (Å²) in [6, 6.07) is 15.5. The van der Waals surface area contributed by atoms with Crippen molar-refractivity contribution in [3.05, 3.63) is 54.1 Å². The third-order valence-corrected chi connectivity index (χ3v) is 3.64. The van der Waals surface area contributed by atoms with Gasteiger partial charge in [0.1, 0.15) is 5.75 Å². The van der Waals surface area contributed by atoms with Crippen molar-refractivity contribution in [2.24, 2.45) is 0 Å². The first-order valence-electron chi connectivity index (χ1n) is 7.13. The highest BCUT2D eigenvalue weighted by atomic mass is 16.3. The molecule has 1 amide bonds. The van der Waals surface area contributed by atoms with Crippen molar-refractivity contribution in [2.75, 3.05) is 6.54 Å². The van der Waals surface area contributed by atoms with E-state index < -0.39 is 0 Å². The molecule has 0 saturated carbocycles. The van der Waals surface area contributed by atoms with Crippen LogP contribution in [-0.2, 0) is 0 Å². The topological polar surface area (TPSA) is 49.3 Å². The fourth-order valence-corrected chi connectivity index (χ4v) is 2.51. The van der Waals surface area contributed by atoms with Gasteiger partial charge >= 0.3 is 0 Å². The number of carbonyl (C=O) groups excluding carboxylic acids is 1. The Morgan fingerprint density at radius 1 is 1.05 bits per heavy atom. The van der Waals surface area contributed by atoms with Gasteiger partial charge in [0.2, 0.25) is 0 Å². The molecule has 0 bridgehead atoms. The van der Waals surface area contributed by atoms with E-state index in [-0.39, 0.29) is 11.7 Å². The maximum absolute atomic E-state index is 12.1. The Bertz CT molecular complexity index is 824. The van der Waals surface area contributed by atoms with Gasteiger partial charge < -0.3 is 10.4 Å². The van der Waals surface area contributed by atoms with Crippen molar-refractivity contribution >= 4 is 27.5 Å². The van der Waals surface area contributed by atoms with E-state index in [0.717, 1.165) is 22.6 Å². The van der Waals surface area contributed by atoms with Crippen LogP contribution in [0.1, 0.15) is 23.7 Å². The normalized spacial score (nSPS) is 10.9. The largest absolute Gasteiger partial charge is 0.506 e. The first-order valence-corrected chi connectivity index (χ1v) is 7.13. The number of benzene rings is 3. The van der Waals surface area contributed by atoms with Crippen molar-refractivity contribution in [3.8, 4) is 5.75 Å². The van der Waals surface area contributed by atoms with Crippen molar-refractivity contribution in [1.82, 2.24) is 5.32 Å². The van der Waals surface area contributed by atoms with Crippen LogP contribution in [0, 0.1) is 0 Å². The smallest absolute Gasteiger partial charge is 0.255 e. The third-order valence-electron chi connectivity index (χ3n) is 3.64. The number of fused-ring (bicyclic) bond motifs is 2. The average molecular weight is 279 g/mol. The molecule has 0 aliphatic rings. The Morgan fingerprint density at radius 3 is 2.48 bits per heavy atom. The summed E-state index contributed by atoms with van der Waals surface area (Å²) in [7, 11) is 0. The molecular weight excluding hydrogens is 262 g/mol. The Labute approximate surface area is 123 Å². The van der Waals surface area contributed by atoms with Gasteiger partial charge in [0.25, 0.3) is 5.91 Å². The van der Waals surface area contributed by atoms with Crippen molar-refractivity contribution < 1.29 is 9.90 Å². The predicted octanol–water partition coefficient (Wildman–Crippen LogP) is 3.84. The molecule has 3 nitrogen and oxygen atoms in total. The predicted molar refractivity (Wildman–Crippen MR) is 85.7 cm³/mol. The summed E-state index contributed by atoms with van der Waals surface area (Å²) in [4.78, 5) is 12.1. The van der Waals surface area contributed by atoms with Crippen LogP contribution in [0.5, 0.6) is 5.75 Å². The van der Waals surface area contributed by atoms with E-state index in [4.69, 9.17) is 0 Å². The van der Waals surface area contributed by atoms with E-state index in [0.29, 0.717) is 17.5 Å². The molecule has 0 aliphatic carbocycles. The van der Waals surface area contributed by atoms with Crippen molar-refractivity contribution in [3.63, 3.8) is 0 Å². The molecule has 21 heavy (non-hydrogen) atoms. The second-order valence-corrected chi connectivity index (χ2v) is 5.14. The fraction of sp³-hybridized carbons (Fsp3) is 0.167. The van der Waals surface area contributed by atoms with E-state index in [9.17, 15) is 9.90 Å². The number of rotatable bonds is 3. The number of phenols is 1. The van der Waals surface area contributed by atoms with E-state index in [2.05, 4.69) is 5.32 Å². The third kappa shape index (κ3) is 2.42. The standard InChI is InChI=1S/C18H17NO2/c1-2-9-19-18(21)15-8-7-14-10-12-5-3-4-6-13(12)11-16(14)17(15)20/h3-8,10-11,20H,2,9H2,1H3,(H,19,21). The van der Waals surface area contributed by atoms with Crippen LogP contribution in [0.3, 0.4) is 0 Å². The van der Waals surface area contributed by atoms with Gasteiger partial charge in [0, 0.05) is 11.9 Å². The van der Waals surface area contributed by atoms with Gasteiger partial charge in [-0.05, 0) is 40.8 Å². The summed E-state index contributed by atoms with van der Waals surface area (Å²) in [5, 5.41) is 17.0. The minimum Gasteiger partial charge on any atom is -0.506 e. The van der Waals surface area contributed by atoms with Crippen molar-refractivity contribution in [1.29, 1.82) is 0 Å². The number of hydrogen-bond donors (Lipinski definition) is 2. The zero-order valence-corrected chi connectivity index (χ0v) is 11.9. The van der Waals surface area contributed by atoms with E-state index in [1.165, 1.54) is 0 Å². The Balaban J connectivity index is 2.15. The SMILES string of the molecule is CCCNC(=O)c1ccc2cc3ccccc3cc2c1O. The molecule has 0 aliphatic heterocycles. The molecule has 3 aromatic carbocycles. The molecule has 3 heteroatoms. The molecule has 0 saturated heterocycles. The molecular formula is C18H17NO2. The molecule has 3 rings (SSSR count). The molecule has 0 fully saturated rings. The van der Waals surface area contributed by atoms with Crippen LogP contribution in [0.25, 0.3) is 21.5 Å². The molecule has 0 unspecified atom stereocenters. The number of hydrogen-bond acceptors (Lipinski definition) is 2. The number of carbonyl (C=O) groups is 1. The lowest BCUT2D eigenvalue weighted by molar-refractivity contribution is 0.0951. The maximum Gasteiger partial charge on any atom is 0.255 e.